The Labute approximate surface area is 93.5 Å². The normalized spacial score (nSPS) is 30.7. The van der Waals surface area contributed by atoms with Gasteiger partial charge in [-0.1, -0.05) is 19.8 Å². The summed E-state index contributed by atoms with van der Waals surface area (Å²) in [5.74, 6) is 6.67. The number of aliphatic hydroxyl groups excluding tert-OH is 1. The van der Waals surface area contributed by atoms with Crippen LogP contribution in [-0.2, 0) is 0 Å². The minimum Gasteiger partial charge on any atom is -0.394 e. The third kappa shape index (κ3) is 3.85. The highest BCUT2D eigenvalue weighted by molar-refractivity contribution is 4.97. The quantitative estimate of drug-likeness (QED) is 0.548. The molecular formula is C13H23NO. The predicted octanol–water partition coefficient (Wildman–Crippen LogP) is 1.93. The molecule has 0 aromatic heterocycles. The van der Waals surface area contributed by atoms with Gasteiger partial charge in [0.2, 0.25) is 0 Å². The van der Waals surface area contributed by atoms with Gasteiger partial charge >= 0.3 is 0 Å². The SMILES string of the molecule is CC#CCCNC1(CO)CCCC(C)C1. The van der Waals surface area contributed by atoms with Crippen LogP contribution in [-0.4, -0.2) is 23.8 Å². The summed E-state index contributed by atoms with van der Waals surface area (Å²) in [6, 6.07) is 0. The maximum absolute atomic E-state index is 9.52. The largest absolute Gasteiger partial charge is 0.394 e. The first-order valence-electron chi connectivity index (χ1n) is 5.98. The fourth-order valence-electron chi connectivity index (χ4n) is 2.54. The second-order valence-corrected chi connectivity index (χ2v) is 4.74. The third-order valence-corrected chi connectivity index (χ3v) is 3.32. The van der Waals surface area contributed by atoms with Crippen LogP contribution in [0.2, 0.25) is 0 Å². The minimum absolute atomic E-state index is 0.0207. The summed E-state index contributed by atoms with van der Waals surface area (Å²) in [5, 5.41) is 13.0. The van der Waals surface area contributed by atoms with Crippen molar-refractivity contribution in [2.24, 2.45) is 5.92 Å². The topological polar surface area (TPSA) is 32.3 Å². The molecule has 0 amide bonds. The van der Waals surface area contributed by atoms with Gasteiger partial charge in [-0.25, -0.2) is 0 Å². The first kappa shape index (κ1) is 12.5. The highest BCUT2D eigenvalue weighted by Gasteiger charge is 2.33. The van der Waals surface area contributed by atoms with E-state index >= 15 is 0 Å². The molecule has 1 aliphatic rings. The molecule has 2 N–H and O–H groups in total. The highest BCUT2D eigenvalue weighted by Crippen LogP contribution is 2.31. The number of hydrogen-bond acceptors (Lipinski definition) is 2. The number of aliphatic hydroxyl groups is 1. The summed E-state index contributed by atoms with van der Waals surface area (Å²) in [4.78, 5) is 0. The van der Waals surface area contributed by atoms with Crippen molar-refractivity contribution in [1.29, 1.82) is 0 Å². The van der Waals surface area contributed by atoms with E-state index < -0.39 is 0 Å². The monoisotopic (exact) mass is 209 g/mol. The highest BCUT2D eigenvalue weighted by atomic mass is 16.3. The zero-order valence-electron chi connectivity index (χ0n) is 9.97. The molecule has 86 valence electrons. The van der Waals surface area contributed by atoms with Crippen LogP contribution in [0.3, 0.4) is 0 Å². The molecule has 2 heteroatoms. The number of hydrogen-bond donors (Lipinski definition) is 2. The van der Waals surface area contributed by atoms with Gasteiger partial charge < -0.3 is 10.4 Å². The molecule has 0 saturated heterocycles. The smallest absolute Gasteiger partial charge is 0.0613 e. The standard InChI is InChI=1S/C13H23NO/c1-3-4-5-9-14-13(11-15)8-6-7-12(2)10-13/h12,14-15H,5-11H2,1-2H3. The molecule has 2 nitrogen and oxygen atoms in total. The van der Waals surface area contributed by atoms with Gasteiger partial charge in [-0.05, 0) is 25.7 Å². The summed E-state index contributed by atoms with van der Waals surface area (Å²) in [6.07, 6.45) is 5.62. The lowest BCUT2D eigenvalue weighted by atomic mass is 9.77. The van der Waals surface area contributed by atoms with Crippen molar-refractivity contribution in [1.82, 2.24) is 5.32 Å². The second-order valence-electron chi connectivity index (χ2n) is 4.74. The van der Waals surface area contributed by atoms with E-state index in [1.165, 1.54) is 12.8 Å². The Morgan fingerprint density at radius 2 is 2.33 bits per heavy atom. The fraction of sp³-hybridized carbons (Fsp3) is 0.846. The second kappa shape index (κ2) is 6.15. The summed E-state index contributed by atoms with van der Waals surface area (Å²) < 4.78 is 0. The Bertz CT molecular complexity index is 241. The Kier molecular flexibility index (Phi) is 5.14. The van der Waals surface area contributed by atoms with Crippen LogP contribution in [0.1, 0.15) is 46.0 Å². The lowest BCUT2D eigenvalue weighted by Gasteiger charge is -2.39. The zero-order chi connectivity index (χ0) is 11.1. The van der Waals surface area contributed by atoms with Crippen molar-refractivity contribution in [2.45, 2.75) is 51.5 Å². The van der Waals surface area contributed by atoms with Gasteiger partial charge in [-0.15, -0.1) is 11.8 Å². The van der Waals surface area contributed by atoms with Crippen molar-refractivity contribution >= 4 is 0 Å². The lowest BCUT2D eigenvalue weighted by Crippen LogP contribution is -2.51. The van der Waals surface area contributed by atoms with Crippen LogP contribution in [0.25, 0.3) is 0 Å². The van der Waals surface area contributed by atoms with Gasteiger partial charge in [-0.2, -0.15) is 0 Å². The van der Waals surface area contributed by atoms with Gasteiger partial charge in [0.05, 0.1) is 6.61 Å². The van der Waals surface area contributed by atoms with E-state index in [0.29, 0.717) is 0 Å². The van der Waals surface area contributed by atoms with Gasteiger partial charge in [0, 0.05) is 18.5 Å². The zero-order valence-corrected chi connectivity index (χ0v) is 9.97. The molecule has 1 fully saturated rings. The number of nitrogens with one attached hydrogen (secondary N) is 1. The molecule has 0 aromatic carbocycles. The van der Waals surface area contributed by atoms with Crippen molar-refractivity contribution in [3.05, 3.63) is 0 Å². The van der Waals surface area contributed by atoms with Gasteiger partial charge in [-0.3, -0.25) is 0 Å². The van der Waals surface area contributed by atoms with E-state index in [4.69, 9.17) is 0 Å². The van der Waals surface area contributed by atoms with Crippen LogP contribution < -0.4 is 5.32 Å². The van der Waals surface area contributed by atoms with Crippen LogP contribution in [0, 0.1) is 17.8 Å². The molecule has 0 heterocycles. The molecule has 0 radical (unpaired) electrons. The molecule has 1 rings (SSSR count). The Hall–Kier alpha value is -0.520. The van der Waals surface area contributed by atoms with E-state index in [1.54, 1.807) is 0 Å². The van der Waals surface area contributed by atoms with Crippen molar-refractivity contribution in [2.75, 3.05) is 13.2 Å². The Morgan fingerprint density at radius 3 is 2.93 bits per heavy atom. The van der Waals surface area contributed by atoms with E-state index in [1.807, 2.05) is 6.92 Å². The Balaban J connectivity index is 2.40. The molecule has 2 atom stereocenters. The molecule has 2 unspecified atom stereocenters. The summed E-state index contributed by atoms with van der Waals surface area (Å²) in [7, 11) is 0. The third-order valence-electron chi connectivity index (χ3n) is 3.32. The van der Waals surface area contributed by atoms with E-state index in [2.05, 4.69) is 24.1 Å². The number of rotatable bonds is 4. The summed E-state index contributed by atoms with van der Waals surface area (Å²) >= 11 is 0. The molecular weight excluding hydrogens is 186 g/mol. The van der Waals surface area contributed by atoms with Crippen molar-refractivity contribution < 1.29 is 5.11 Å². The van der Waals surface area contributed by atoms with Crippen LogP contribution >= 0.6 is 0 Å². The minimum atomic E-state index is -0.0207. The molecule has 0 aromatic rings. The fourth-order valence-corrected chi connectivity index (χ4v) is 2.54. The van der Waals surface area contributed by atoms with Crippen LogP contribution in [0.5, 0.6) is 0 Å². The average molecular weight is 209 g/mol. The predicted molar refractivity (Wildman–Crippen MR) is 63.5 cm³/mol. The molecule has 1 saturated carbocycles. The molecule has 0 aliphatic heterocycles. The molecule has 0 spiro atoms. The van der Waals surface area contributed by atoms with Crippen LogP contribution in [0.15, 0.2) is 0 Å². The van der Waals surface area contributed by atoms with Gasteiger partial charge in [0.25, 0.3) is 0 Å². The maximum Gasteiger partial charge on any atom is 0.0613 e. The van der Waals surface area contributed by atoms with Gasteiger partial charge in [0.1, 0.15) is 0 Å². The van der Waals surface area contributed by atoms with Gasteiger partial charge in [0.15, 0.2) is 0 Å². The average Bonchev–Trinajstić information content (AvgIpc) is 2.25. The lowest BCUT2D eigenvalue weighted by molar-refractivity contribution is 0.101. The first-order valence-corrected chi connectivity index (χ1v) is 5.98. The van der Waals surface area contributed by atoms with Crippen LogP contribution in [0.4, 0.5) is 0 Å². The first-order chi connectivity index (χ1) is 7.22. The van der Waals surface area contributed by atoms with E-state index in [0.717, 1.165) is 31.7 Å². The summed E-state index contributed by atoms with van der Waals surface area (Å²) in [5.41, 5.74) is -0.0207. The maximum atomic E-state index is 9.52. The summed E-state index contributed by atoms with van der Waals surface area (Å²) in [6.45, 7) is 5.30. The molecule has 0 bridgehead atoms. The molecule has 15 heavy (non-hydrogen) atoms. The van der Waals surface area contributed by atoms with E-state index in [9.17, 15) is 5.11 Å². The van der Waals surface area contributed by atoms with Crippen molar-refractivity contribution in [3.63, 3.8) is 0 Å². The van der Waals surface area contributed by atoms with Crippen molar-refractivity contribution in [3.8, 4) is 11.8 Å². The molecule has 1 aliphatic carbocycles. The van der Waals surface area contributed by atoms with E-state index in [-0.39, 0.29) is 12.1 Å². The Morgan fingerprint density at radius 1 is 1.53 bits per heavy atom.